The largest absolute Gasteiger partial charge is 0.389 e. The van der Waals surface area contributed by atoms with Crippen LogP contribution in [0.1, 0.15) is 32.6 Å². The Morgan fingerprint density at radius 1 is 1.30 bits per heavy atom. The minimum Gasteiger partial charge on any atom is -0.171 e. The zero-order chi connectivity index (χ0) is 7.83. The summed E-state index contributed by atoms with van der Waals surface area (Å²) in [6, 6.07) is 0. The Hall–Kier alpha value is -0.210. The molecule has 0 heterocycles. The third-order valence-electron chi connectivity index (χ3n) is 2.28. The van der Waals surface area contributed by atoms with Crippen LogP contribution < -0.4 is 0 Å². The molecular weight excluding hydrogens is 141 g/mol. The van der Waals surface area contributed by atoms with Gasteiger partial charge in [0, 0.05) is 6.42 Å². The predicted octanol–water partition coefficient (Wildman–Crippen LogP) is 3.13. The molecule has 0 aromatic heterocycles. The average Bonchev–Trinajstić information content (AvgIpc) is 2.45. The van der Waals surface area contributed by atoms with Crippen LogP contribution in [0.2, 0.25) is 0 Å². The first kappa shape index (κ1) is 7.89. The minimum absolute atomic E-state index is 0.349. The summed E-state index contributed by atoms with van der Waals surface area (Å²) in [6.45, 7) is 1.83. The Morgan fingerprint density at radius 3 is 1.90 bits per heavy atom. The van der Waals surface area contributed by atoms with Crippen molar-refractivity contribution in [3.63, 3.8) is 0 Å². The number of hydrogen-bond donors (Lipinski definition) is 0. The molecule has 0 spiro atoms. The highest BCUT2D eigenvalue weighted by molar-refractivity contribution is 4.93. The van der Waals surface area contributed by atoms with Gasteiger partial charge in [-0.3, -0.25) is 0 Å². The highest BCUT2D eigenvalue weighted by Crippen LogP contribution is 2.55. The number of alkyl halides is 3. The fourth-order valence-electron chi connectivity index (χ4n) is 1.26. The maximum atomic E-state index is 11.8. The summed E-state index contributed by atoms with van der Waals surface area (Å²) < 4.78 is 35.3. The minimum atomic E-state index is -3.95. The maximum Gasteiger partial charge on any atom is 0.389 e. The Balaban J connectivity index is 2.38. The van der Waals surface area contributed by atoms with E-state index in [-0.39, 0.29) is 5.41 Å². The second kappa shape index (κ2) is 2.14. The molecule has 1 aliphatic rings. The first-order valence-electron chi connectivity index (χ1n) is 3.54. The molecule has 1 rings (SSSR count). The van der Waals surface area contributed by atoms with Crippen molar-refractivity contribution in [1.29, 1.82) is 0 Å². The van der Waals surface area contributed by atoms with Crippen molar-refractivity contribution in [1.82, 2.24) is 0 Å². The molecule has 3 heteroatoms. The van der Waals surface area contributed by atoms with E-state index in [2.05, 4.69) is 0 Å². The first-order valence-corrected chi connectivity index (χ1v) is 3.54. The van der Waals surface area contributed by atoms with Crippen LogP contribution in [0.15, 0.2) is 0 Å². The molecule has 0 bridgehead atoms. The summed E-state index contributed by atoms with van der Waals surface area (Å²) >= 11 is 0. The van der Waals surface area contributed by atoms with Crippen molar-refractivity contribution in [3.8, 4) is 0 Å². The predicted molar refractivity (Wildman–Crippen MR) is 32.6 cm³/mol. The fourth-order valence-corrected chi connectivity index (χ4v) is 1.26. The Morgan fingerprint density at radius 2 is 1.80 bits per heavy atom. The fraction of sp³-hybridized carbons (Fsp3) is 1.00. The van der Waals surface area contributed by atoms with Gasteiger partial charge < -0.3 is 0 Å². The zero-order valence-electron chi connectivity index (χ0n) is 5.96. The smallest absolute Gasteiger partial charge is 0.171 e. The van der Waals surface area contributed by atoms with Gasteiger partial charge in [0.2, 0.25) is 0 Å². The van der Waals surface area contributed by atoms with E-state index in [0.717, 1.165) is 12.8 Å². The van der Waals surface area contributed by atoms with E-state index in [9.17, 15) is 13.2 Å². The van der Waals surface area contributed by atoms with Gasteiger partial charge in [0.15, 0.2) is 0 Å². The monoisotopic (exact) mass is 152 g/mol. The van der Waals surface area contributed by atoms with Crippen LogP contribution in [0.3, 0.4) is 0 Å². The van der Waals surface area contributed by atoms with E-state index in [4.69, 9.17) is 0 Å². The van der Waals surface area contributed by atoms with Gasteiger partial charge in [-0.05, 0) is 18.3 Å². The Kier molecular flexibility index (Phi) is 1.69. The molecule has 0 aromatic carbocycles. The summed E-state index contributed by atoms with van der Waals surface area (Å²) in [5.41, 5.74) is -0.349. The lowest BCUT2D eigenvalue weighted by Gasteiger charge is -2.13. The number of hydrogen-bond acceptors (Lipinski definition) is 0. The molecule has 0 aliphatic heterocycles. The van der Waals surface area contributed by atoms with Gasteiger partial charge in [-0.2, -0.15) is 13.2 Å². The van der Waals surface area contributed by atoms with Crippen LogP contribution >= 0.6 is 0 Å². The van der Waals surface area contributed by atoms with E-state index < -0.39 is 12.6 Å². The lowest BCUT2D eigenvalue weighted by molar-refractivity contribution is -0.147. The molecule has 0 amide bonds. The highest BCUT2D eigenvalue weighted by atomic mass is 19.4. The van der Waals surface area contributed by atoms with Crippen LogP contribution in [-0.4, -0.2) is 6.18 Å². The van der Waals surface area contributed by atoms with Gasteiger partial charge in [-0.1, -0.05) is 13.3 Å². The Bertz CT molecular complexity index is 121. The molecule has 0 atom stereocenters. The van der Waals surface area contributed by atoms with E-state index in [1.807, 2.05) is 6.92 Å². The topological polar surface area (TPSA) is 0 Å². The lowest BCUT2D eigenvalue weighted by atomic mass is 9.99. The van der Waals surface area contributed by atoms with Crippen molar-refractivity contribution in [2.24, 2.45) is 5.41 Å². The van der Waals surface area contributed by atoms with Gasteiger partial charge in [0.05, 0.1) is 0 Å². The van der Waals surface area contributed by atoms with Crippen LogP contribution in [0.5, 0.6) is 0 Å². The average molecular weight is 152 g/mol. The van der Waals surface area contributed by atoms with E-state index in [0.29, 0.717) is 6.42 Å². The van der Waals surface area contributed by atoms with Crippen LogP contribution in [0.4, 0.5) is 13.2 Å². The SMILES string of the molecule is CCC1(CC(F)(F)F)CC1. The van der Waals surface area contributed by atoms with Crippen molar-refractivity contribution >= 4 is 0 Å². The van der Waals surface area contributed by atoms with Crippen molar-refractivity contribution in [3.05, 3.63) is 0 Å². The third-order valence-corrected chi connectivity index (χ3v) is 2.28. The molecule has 1 fully saturated rings. The van der Waals surface area contributed by atoms with E-state index >= 15 is 0 Å². The van der Waals surface area contributed by atoms with Crippen molar-refractivity contribution < 1.29 is 13.2 Å². The first-order chi connectivity index (χ1) is 4.47. The summed E-state index contributed by atoms with van der Waals surface area (Å²) in [5, 5.41) is 0. The molecule has 0 nitrogen and oxygen atoms in total. The normalized spacial score (nSPS) is 22.8. The molecule has 60 valence electrons. The standard InChI is InChI=1S/C7H11F3/c1-2-6(3-4-6)5-7(8,9)10/h2-5H2,1H3. The molecule has 0 saturated heterocycles. The third kappa shape index (κ3) is 1.89. The molecular formula is C7H11F3. The summed E-state index contributed by atoms with van der Waals surface area (Å²) in [4.78, 5) is 0. The number of halogens is 3. The summed E-state index contributed by atoms with van der Waals surface area (Å²) in [7, 11) is 0. The van der Waals surface area contributed by atoms with Gasteiger partial charge in [-0.25, -0.2) is 0 Å². The summed E-state index contributed by atoms with van der Waals surface area (Å²) in [6.07, 6.45) is -2.32. The van der Waals surface area contributed by atoms with Crippen molar-refractivity contribution in [2.45, 2.75) is 38.8 Å². The van der Waals surface area contributed by atoms with E-state index in [1.54, 1.807) is 0 Å². The van der Waals surface area contributed by atoms with Crippen LogP contribution in [0.25, 0.3) is 0 Å². The second-order valence-corrected chi connectivity index (χ2v) is 3.15. The van der Waals surface area contributed by atoms with Crippen LogP contribution in [-0.2, 0) is 0 Å². The highest BCUT2D eigenvalue weighted by Gasteiger charge is 2.48. The second-order valence-electron chi connectivity index (χ2n) is 3.15. The zero-order valence-corrected chi connectivity index (χ0v) is 5.96. The van der Waals surface area contributed by atoms with Crippen molar-refractivity contribution in [2.75, 3.05) is 0 Å². The quantitative estimate of drug-likeness (QED) is 0.570. The van der Waals surface area contributed by atoms with Crippen LogP contribution in [0, 0.1) is 5.41 Å². The summed E-state index contributed by atoms with van der Waals surface area (Å²) in [5.74, 6) is 0. The maximum absolute atomic E-state index is 11.8. The molecule has 10 heavy (non-hydrogen) atoms. The molecule has 0 aromatic rings. The van der Waals surface area contributed by atoms with E-state index in [1.165, 1.54) is 0 Å². The van der Waals surface area contributed by atoms with Gasteiger partial charge in [0.25, 0.3) is 0 Å². The molecule has 1 saturated carbocycles. The van der Waals surface area contributed by atoms with Gasteiger partial charge >= 0.3 is 6.18 Å². The number of rotatable bonds is 2. The molecule has 1 aliphatic carbocycles. The molecule has 0 unspecified atom stereocenters. The molecule has 0 radical (unpaired) electrons. The Labute approximate surface area is 58.4 Å². The van der Waals surface area contributed by atoms with Gasteiger partial charge in [0.1, 0.15) is 0 Å². The molecule has 0 N–H and O–H groups in total. The van der Waals surface area contributed by atoms with Gasteiger partial charge in [-0.15, -0.1) is 0 Å². The lowest BCUT2D eigenvalue weighted by Crippen LogP contribution is -2.15.